The second kappa shape index (κ2) is 41.8. The molecule has 0 saturated heterocycles. The van der Waals surface area contributed by atoms with E-state index in [1.54, 1.807) is 0 Å². The first kappa shape index (κ1) is 72.0. The van der Waals surface area contributed by atoms with E-state index in [-0.39, 0.29) is 17.1 Å². The summed E-state index contributed by atoms with van der Waals surface area (Å²) >= 11 is 11.8. The summed E-state index contributed by atoms with van der Waals surface area (Å²) in [6.45, 7) is 10.7. The molecule has 2 amide bonds. The predicted molar refractivity (Wildman–Crippen MR) is 397 cm³/mol. The number of carbonyl (C=O) groups is 2. The number of thioether (sulfide) groups is 4. The fourth-order valence-electron chi connectivity index (χ4n) is 14.6. The maximum Gasteiger partial charge on any atom is 0.261 e. The van der Waals surface area contributed by atoms with Gasteiger partial charge in [-0.05, 0) is 98.3 Å². The van der Waals surface area contributed by atoms with Crippen LogP contribution in [0.15, 0.2) is 86.0 Å². The topological polar surface area (TPSA) is 40.6 Å². The van der Waals surface area contributed by atoms with Gasteiger partial charge in [-0.2, -0.15) is 0 Å². The molecule has 2 aromatic rings. The molecule has 0 bridgehead atoms. The number of hydrogen-bond donors (Lipinski definition) is 0. The molecule has 0 saturated carbocycles. The van der Waals surface area contributed by atoms with E-state index in [4.69, 9.17) is 0 Å². The van der Waals surface area contributed by atoms with E-state index in [0.29, 0.717) is 34.1 Å². The van der Waals surface area contributed by atoms with Crippen LogP contribution in [-0.2, 0) is 9.59 Å². The Kier molecular flexibility index (Phi) is 34.2. The van der Waals surface area contributed by atoms with Crippen LogP contribution in [0.25, 0.3) is 15.5 Å². The molecular weight excluding hydrogens is 1190 g/mol. The first-order chi connectivity index (χ1) is 43.4. The first-order valence-electron chi connectivity index (χ1n) is 37.1. The maximum atomic E-state index is 16.4. The molecule has 6 aliphatic heterocycles. The normalized spacial score (nSPS) is 20.8. The summed E-state index contributed by atoms with van der Waals surface area (Å²) in [5, 5.41) is 6.34. The zero-order valence-electron chi connectivity index (χ0n) is 55.9. The third kappa shape index (κ3) is 22.7. The molecule has 0 fully saturated rings. The van der Waals surface area contributed by atoms with E-state index in [9.17, 15) is 0 Å². The fraction of sp³-hybridized carbons (Fsp3) is 0.718. The standard InChI is InChI=1S/C78H120N2O2S6/c1-5-9-13-17-21-25-27-31-35-39-45-61(43-37-33-29-23-19-15-11-7-3)59-79-75(71-55-53-69(87-71)67-51-49-65(85-67)63-47-41-57-83-63)73-74(77(79)81)76(72-56-54-70(88-72)68-52-50-66(86-68)64-48-42-58-84-64)80(78(73)82)60-62(44-38-34-30-24-20-16-12-8-4)46-40-36-32-28-26-22-18-14-10-6-2/h41-42,49,51-55,57-58,61-64,66,72H,5-40,43-48,50,56,59-60H2,1-4H3. The zero-order chi connectivity index (χ0) is 61.4. The average Bonchev–Trinajstić information content (AvgIpc) is 1.64. The van der Waals surface area contributed by atoms with Crippen molar-refractivity contribution in [3.05, 3.63) is 95.8 Å². The van der Waals surface area contributed by atoms with Crippen LogP contribution in [0.1, 0.15) is 325 Å². The lowest BCUT2D eigenvalue weighted by Crippen LogP contribution is -2.37. The number of thiophene rings is 2. The monoisotopic (exact) mass is 1310 g/mol. The van der Waals surface area contributed by atoms with Gasteiger partial charge in [0, 0.05) is 59.0 Å². The third-order valence-electron chi connectivity index (χ3n) is 20.0. The van der Waals surface area contributed by atoms with E-state index in [0.717, 1.165) is 85.3 Å². The van der Waals surface area contributed by atoms with Crippen LogP contribution in [0, 0.1) is 11.8 Å². The van der Waals surface area contributed by atoms with Crippen molar-refractivity contribution in [2.75, 3.05) is 13.1 Å². The lowest BCUT2D eigenvalue weighted by atomic mass is 9.93. The van der Waals surface area contributed by atoms with Gasteiger partial charge in [0.15, 0.2) is 0 Å². The summed E-state index contributed by atoms with van der Waals surface area (Å²) in [5.41, 5.74) is 3.48. The van der Waals surface area contributed by atoms with Crippen LogP contribution in [-0.4, -0.2) is 50.5 Å². The molecule has 0 aliphatic carbocycles. The van der Waals surface area contributed by atoms with E-state index < -0.39 is 0 Å². The van der Waals surface area contributed by atoms with Crippen LogP contribution in [0.4, 0.5) is 0 Å². The molecule has 0 spiro atoms. The van der Waals surface area contributed by atoms with Crippen LogP contribution in [0.3, 0.4) is 0 Å². The molecule has 8 heterocycles. The second-order valence-corrected chi connectivity index (χ2v) is 34.3. The number of amides is 2. The predicted octanol–water partition coefficient (Wildman–Crippen LogP) is 26.5. The molecule has 4 nitrogen and oxygen atoms in total. The number of rotatable bonds is 50. The number of hydrogen-bond acceptors (Lipinski definition) is 8. The summed E-state index contributed by atoms with van der Waals surface area (Å²) < 4.78 is 0. The van der Waals surface area contributed by atoms with Crippen LogP contribution >= 0.6 is 69.7 Å². The van der Waals surface area contributed by atoms with Crippen molar-refractivity contribution in [1.82, 2.24) is 9.80 Å². The zero-order valence-corrected chi connectivity index (χ0v) is 60.8. The Labute approximate surface area is 563 Å². The number of fused-ring (bicyclic) bond motifs is 1. The van der Waals surface area contributed by atoms with E-state index in [1.807, 2.05) is 58.0 Å². The Morgan fingerprint density at radius 1 is 0.398 bits per heavy atom. The van der Waals surface area contributed by atoms with Gasteiger partial charge in [0.2, 0.25) is 0 Å². The number of unbranched alkanes of at least 4 members (excludes halogenated alkanes) is 32. The summed E-state index contributed by atoms with van der Waals surface area (Å²) in [6.07, 6.45) is 66.3. The average molecular weight is 1310 g/mol. The largest absolute Gasteiger partial charge is 0.310 e. The molecule has 88 heavy (non-hydrogen) atoms. The molecule has 6 atom stereocenters. The molecule has 6 aliphatic rings. The van der Waals surface area contributed by atoms with Crippen molar-refractivity contribution in [3.8, 4) is 9.75 Å². The third-order valence-corrected chi connectivity index (χ3v) is 28.1. The summed E-state index contributed by atoms with van der Waals surface area (Å²) in [6, 6.07) is 9.28. The van der Waals surface area contributed by atoms with Crippen LogP contribution in [0.5, 0.6) is 0 Å². The highest BCUT2D eigenvalue weighted by molar-refractivity contribution is 8.10. The fourth-order valence-corrected chi connectivity index (χ4v) is 22.0. The maximum absolute atomic E-state index is 16.4. The highest BCUT2D eigenvalue weighted by Gasteiger charge is 2.52. The SMILES string of the molecule is CCCCCCCCCCCCC(CCCCCCCCCC)CN1C(=O)C2=C(C3CC=C(C4=CCC(C5CC=CS5)S4)S3)N(CC(CCCCCCCCCC)CCCCCCCCCCCC)C(=O)C2=C1c1ccc(-c2ccc(C3CC=CS3)s2)s1. The van der Waals surface area contributed by atoms with Gasteiger partial charge in [-0.15, -0.1) is 69.7 Å². The van der Waals surface area contributed by atoms with Gasteiger partial charge in [0.25, 0.3) is 11.8 Å². The Morgan fingerprint density at radius 2 is 0.818 bits per heavy atom. The van der Waals surface area contributed by atoms with Gasteiger partial charge < -0.3 is 9.80 Å². The van der Waals surface area contributed by atoms with Gasteiger partial charge in [0.05, 0.1) is 27.0 Å². The van der Waals surface area contributed by atoms with Crippen molar-refractivity contribution in [2.24, 2.45) is 11.8 Å². The van der Waals surface area contributed by atoms with Gasteiger partial charge >= 0.3 is 0 Å². The molecule has 10 heteroatoms. The van der Waals surface area contributed by atoms with Crippen molar-refractivity contribution in [1.29, 1.82) is 0 Å². The first-order valence-corrected chi connectivity index (χ1v) is 42.4. The minimum atomic E-state index is 0.0342. The highest BCUT2D eigenvalue weighted by atomic mass is 32.2. The van der Waals surface area contributed by atoms with Crippen molar-refractivity contribution in [3.63, 3.8) is 0 Å². The van der Waals surface area contributed by atoms with Gasteiger partial charge in [0.1, 0.15) is 0 Å². The minimum Gasteiger partial charge on any atom is -0.310 e. The molecule has 6 unspecified atom stereocenters. The van der Waals surface area contributed by atoms with Crippen LogP contribution in [0.2, 0.25) is 0 Å². The van der Waals surface area contributed by atoms with Crippen molar-refractivity contribution >= 4 is 87.2 Å². The Morgan fingerprint density at radius 3 is 1.31 bits per heavy atom. The van der Waals surface area contributed by atoms with Crippen molar-refractivity contribution in [2.45, 2.75) is 331 Å². The van der Waals surface area contributed by atoms with E-state index >= 15 is 9.59 Å². The molecule has 0 aromatic carbocycles. The lowest BCUT2D eigenvalue weighted by Gasteiger charge is -2.31. The number of allylic oxidation sites excluding steroid dienone is 4. The van der Waals surface area contributed by atoms with E-state index in [1.165, 1.54) is 256 Å². The Bertz CT molecular complexity index is 2530. The minimum absolute atomic E-state index is 0.0342. The van der Waals surface area contributed by atoms with Gasteiger partial charge in [-0.1, -0.05) is 283 Å². The second-order valence-electron chi connectivity index (χ2n) is 27.3. The van der Waals surface area contributed by atoms with Gasteiger partial charge in [-0.25, -0.2) is 0 Å². The summed E-state index contributed by atoms with van der Waals surface area (Å²) in [7, 11) is 0. The summed E-state index contributed by atoms with van der Waals surface area (Å²) in [5.74, 6) is 1.04. The molecule has 2 aromatic heterocycles. The number of nitrogens with zero attached hydrogens (tertiary/aromatic N) is 2. The van der Waals surface area contributed by atoms with E-state index in [2.05, 4.69) is 109 Å². The Hall–Kier alpha value is -1.82. The molecular formula is C78H120N2O2S6. The van der Waals surface area contributed by atoms with Crippen LogP contribution < -0.4 is 0 Å². The summed E-state index contributed by atoms with van der Waals surface area (Å²) in [4.78, 5) is 45.1. The Balaban J connectivity index is 1.09. The molecule has 0 N–H and O–H groups in total. The smallest absolute Gasteiger partial charge is 0.261 e. The molecule has 8 rings (SSSR count). The lowest BCUT2D eigenvalue weighted by molar-refractivity contribution is -0.125. The molecule has 490 valence electrons. The molecule has 0 radical (unpaired) electrons. The quantitative estimate of drug-likeness (QED) is 0.0615. The van der Waals surface area contributed by atoms with Gasteiger partial charge in [-0.3, -0.25) is 9.59 Å². The number of carbonyl (C=O) groups excluding carboxylic acids is 2. The highest BCUT2D eigenvalue weighted by Crippen LogP contribution is 2.55. The van der Waals surface area contributed by atoms with Crippen molar-refractivity contribution < 1.29 is 9.59 Å².